The molecule has 0 amide bonds. The molecule has 2 nitrogen and oxygen atoms in total. The van der Waals surface area contributed by atoms with Crippen molar-refractivity contribution in [2.75, 3.05) is 6.17 Å². The van der Waals surface area contributed by atoms with Gasteiger partial charge in [0.2, 0.25) is 9.76 Å². The molecule has 0 rings (SSSR count). The van der Waals surface area contributed by atoms with E-state index < -0.39 is 0 Å². The van der Waals surface area contributed by atoms with Crippen LogP contribution in [0.1, 0.15) is 33.6 Å². The Kier molecular flexibility index (Phi) is 4.94. The van der Waals surface area contributed by atoms with Crippen LogP contribution in [0.4, 0.5) is 0 Å². The zero-order chi connectivity index (χ0) is 8.04. The Morgan fingerprint density at radius 3 is 2.20 bits per heavy atom. The molecule has 0 aromatic carbocycles. The van der Waals surface area contributed by atoms with Crippen LogP contribution in [0.25, 0.3) is 0 Å². The van der Waals surface area contributed by atoms with Gasteiger partial charge in [0.05, 0.1) is 5.60 Å². The second-order valence-corrected chi connectivity index (χ2v) is 3.51. The van der Waals surface area contributed by atoms with E-state index in [1.54, 1.807) is 0 Å². The first-order valence-electron chi connectivity index (χ1n) is 3.79. The van der Waals surface area contributed by atoms with E-state index in [0.29, 0.717) is 15.9 Å². The summed E-state index contributed by atoms with van der Waals surface area (Å²) >= 11 is 0. The fourth-order valence-electron chi connectivity index (χ4n) is 0.610. The van der Waals surface area contributed by atoms with Crippen molar-refractivity contribution in [2.45, 2.75) is 39.2 Å². The average molecular weight is 159 g/mol. The molecule has 0 spiro atoms. The Hall–Kier alpha value is 0.137. The van der Waals surface area contributed by atoms with E-state index in [1.807, 2.05) is 0 Å². The van der Waals surface area contributed by atoms with E-state index in [1.165, 1.54) is 0 Å². The van der Waals surface area contributed by atoms with E-state index >= 15 is 0 Å². The molecule has 0 unspecified atom stereocenters. The quantitative estimate of drug-likeness (QED) is 0.610. The Labute approximate surface area is 66.1 Å². The van der Waals surface area contributed by atoms with Crippen LogP contribution in [0.15, 0.2) is 0 Å². The third-order valence-electron chi connectivity index (χ3n) is 1.90. The highest BCUT2D eigenvalue weighted by Crippen LogP contribution is 2.17. The lowest BCUT2D eigenvalue weighted by molar-refractivity contribution is 0.0855. The first-order valence-corrected chi connectivity index (χ1v) is 4.91. The molecule has 3 heteroatoms. The van der Waals surface area contributed by atoms with Crippen molar-refractivity contribution in [1.82, 2.24) is 0 Å². The summed E-state index contributed by atoms with van der Waals surface area (Å²) in [4.78, 5) is 0. The second kappa shape index (κ2) is 4.88. The fourth-order valence-corrected chi connectivity index (χ4v) is 1.33. The molecule has 2 N–H and O–H groups in total. The third-order valence-corrected chi connectivity index (χ3v) is 2.70. The highest BCUT2D eigenvalue weighted by molar-refractivity contribution is 6.27. The summed E-state index contributed by atoms with van der Waals surface area (Å²) in [5, 5.41) is 0. The Morgan fingerprint density at radius 2 is 1.90 bits per heavy atom. The van der Waals surface area contributed by atoms with Gasteiger partial charge >= 0.3 is 0 Å². The minimum absolute atomic E-state index is 0.0673. The molecule has 0 bridgehead atoms. The van der Waals surface area contributed by atoms with Gasteiger partial charge in [0.15, 0.2) is 0 Å². The van der Waals surface area contributed by atoms with Gasteiger partial charge in [0.25, 0.3) is 0 Å². The molecule has 60 valence electrons. The number of nitrogens with two attached hydrogens (primary N) is 1. The first kappa shape index (κ1) is 10.1. The lowest BCUT2D eigenvalue weighted by atomic mass is 10.0. The van der Waals surface area contributed by atoms with Crippen molar-refractivity contribution in [3.8, 4) is 0 Å². The van der Waals surface area contributed by atoms with Crippen LogP contribution in [-0.2, 0) is 4.43 Å². The van der Waals surface area contributed by atoms with E-state index in [0.717, 1.165) is 12.8 Å². The maximum atomic E-state index is 5.58. The predicted molar refractivity (Wildman–Crippen MR) is 44.9 cm³/mol. The lowest BCUT2D eigenvalue weighted by Gasteiger charge is -2.26. The molecule has 0 aromatic rings. The van der Waals surface area contributed by atoms with E-state index in [9.17, 15) is 0 Å². The molecule has 0 aromatic heterocycles. The molecule has 0 saturated heterocycles. The summed E-state index contributed by atoms with van der Waals surface area (Å²) in [5.41, 5.74) is 5.40. The Morgan fingerprint density at radius 1 is 1.40 bits per heavy atom. The minimum Gasteiger partial charge on any atom is -0.411 e. The molecule has 0 fully saturated rings. The van der Waals surface area contributed by atoms with Crippen LogP contribution in [0.3, 0.4) is 0 Å². The van der Waals surface area contributed by atoms with Crippen LogP contribution in [0, 0.1) is 0 Å². The van der Waals surface area contributed by atoms with Gasteiger partial charge in [0, 0.05) is 6.17 Å². The SMILES string of the molecule is CCC(C)(CC)O[Si]CN. The first-order chi connectivity index (χ1) is 4.68. The smallest absolute Gasteiger partial charge is 0.245 e. The van der Waals surface area contributed by atoms with Gasteiger partial charge in [-0.2, -0.15) is 0 Å². The van der Waals surface area contributed by atoms with Crippen LogP contribution < -0.4 is 5.73 Å². The van der Waals surface area contributed by atoms with Gasteiger partial charge in [-0.05, 0) is 19.8 Å². The molecule has 0 saturated carbocycles. The van der Waals surface area contributed by atoms with Gasteiger partial charge in [-0.1, -0.05) is 13.8 Å². The Balaban J connectivity index is 3.58. The van der Waals surface area contributed by atoms with Gasteiger partial charge in [-0.3, -0.25) is 0 Å². The maximum absolute atomic E-state index is 5.58. The summed E-state index contributed by atoms with van der Waals surface area (Å²) < 4.78 is 5.58. The summed E-state index contributed by atoms with van der Waals surface area (Å²) in [6.07, 6.45) is 2.78. The molecule has 0 aliphatic carbocycles. The van der Waals surface area contributed by atoms with E-state index in [4.69, 9.17) is 10.2 Å². The van der Waals surface area contributed by atoms with Crippen LogP contribution >= 0.6 is 0 Å². The molecule has 0 aliphatic rings. The predicted octanol–water partition coefficient (Wildman–Crippen LogP) is 1.12. The van der Waals surface area contributed by atoms with Crippen molar-refractivity contribution in [1.29, 1.82) is 0 Å². The Bertz CT molecular complexity index is 83.7. The molecule has 2 radical (unpaired) electrons. The molecule has 10 heavy (non-hydrogen) atoms. The molecular weight excluding hydrogens is 142 g/mol. The fraction of sp³-hybridized carbons (Fsp3) is 1.00. The summed E-state index contributed by atoms with van der Waals surface area (Å²) in [6.45, 7) is 6.42. The van der Waals surface area contributed by atoms with Crippen molar-refractivity contribution in [3.63, 3.8) is 0 Å². The summed E-state index contributed by atoms with van der Waals surface area (Å²) in [7, 11) is 0.458. The largest absolute Gasteiger partial charge is 0.411 e. The molecular formula is C7H17NOSi. The minimum atomic E-state index is 0.0673. The van der Waals surface area contributed by atoms with Crippen LogP contribution in [0.5, 0.6) is 0 Å². The number of rotatable bonds is 5. The van der Waals surface area contributed by atoms with Gasteiger partial charge in [0.1, 0.15) is 0 Å². The highest BCUT2D eigenvalue weighted by atomic mass is 28.2. The highest BCUT2D eigenvalue weighted by Gasteiger charge is 2.18. The van der Waals surface area contributed by atoms with Crippen molar-refractivity contribution in [3.05, 3.63) is 0 Å². The van der Waals surface area contributed by atoms with E-state index in [-0.39, 0.29) is 5.60 Å². The van der Waals surface area contributed by atoms with Crippen molar-refractivity contribution < 1.29 is 4.43 Å². The second-order valence-electron chi connectivity index (χ2n) is 2.61. The average Bonchev–Trinajstić information content (AvgIpc) is 2.00. The lowest BCUT2D eigenvalue weighted by Crippen LogP contribution is -2.31. The van der Waals surface area contributed by atoms with Crippen LogP contribution in [-0.4, -0.2) is 21.5 Å². The topological polar surface area (TPSA) is 35.2 Å². The number of hydrogen-bond donors (Lipinski definition) is 1. The molecule has 0 aliphatic heterocycles. The summed E-state index contributed by atoms with van der Waals surface area (Å²) in [6, 6.07) is 0. The van der Waals surface area contributed by atoms with Gasteiger partial charge in [-0.15, -0.1) is 0 Å². The van der Waals surface area contributed by atoms with Gasteiger partial charge in [-0.25, -0.2) is 0 Å². The zero-order valence-electron chi connectivity index (χ0n) is 7.11. The van der Waals surface area contributed by atoms with Crippen molar-refractivity contribution in [2.24, 2.45) is 5.73 Å². The van der Waals surface area contributed by atoms with Crippen molar-refractivity contribution >= 4 is 9.76 Å². The normalized spacial score (nSPS) is 12.0. The third kappa shape index (κ3) is 3.34. The van der Waals surface area contributed by atoms with Gasteiger partial charge < -0.3 is 10.2 Å². The molecule has 0 heterocycles. The monoisotopic (exact) mass is 159 g/mol. The number of hydrogen-bond acceptors (Lipinski definition) is 2. The standard InChI is InChI=1S/C7H17NOSi/c1-4-7(3,5-2)9-10-6-8/h4-6,8H2,1-3H3. The van der Waals surface area contributed by atoms with Crippen LogP contribution in [0.2, 0.25) is 0 Å². The maximum Gasteiger partial charge on any atom is 0.245 e. The molecule has 0 atom stereocenters. The van der Waals surface area contributed by atoms with E-state index in [2.05, 4.69) is 20.8 Å². The summed E-state index contributed by atoms with van der Waals surface area (Å²) in [5.74, 6) is 0. The zero-order valence-corrected chi connectivity index (χ0v) is 8.11.